The summed E-state index contributed by atoms with van der Waals surface area (Å²) in [5.41, 5.74) is 28.8. The fourth-order valence-electron chi connectivity index (χ4n) is 15.2. The van der Waals surface area contributed by atoms with Crippen LogP contribution in [-0.2, 0) is 16.2 Å². The predicted molar refractivity (Wildman–Crippen MR) is 333 cm³/mol. The minimum absolute atomic E-state index is 0.241. The number of nitrogens with zero attached hydrogens (tertiary/aromatic N) is 2. The highest BCUT2D eigenvalue weighted by Gasteiger charge is 2.49. The zero-order valence-electron chi connectivity index (χ0n) is 45.9. The topological polar surface area (TPSA) is 34.5 Å². The van der Waals surface area contributed by atoms with E-state index >= 15 is 0 Å². The second kappa shape index (κ2) is 15.7. The number of furan rings is 2. The van der Waals surface area contributed by atoms with E-state index in [0.29, 0.717) is 0 Å². The maximum Gasteiger partial charge on any atom is 0.144 e. The second-order valence-corrected chi connectivity index (χ2v) is 24.4. The summed E-state index contributed by atoms with van der Waals surface area (Å²) in [5, 5.41) is 7.14. The summed E-state index contributed by atoms with van der Waals surface area (Å²) < 4.78 is 16.4. The number of anilines is 3. The lowest BCUT2D eigenvalue weighted by Gasteiger charge is -2.32. The number of hydrogen-bond acceptors (Lipinski definition) is 3. The molecule has 0 spiro atoms. The number of rotatable bonds is 5. The number of benzene rings is 11. The molecule has 0 unspecified atom stereocenters. The number of aromatic nitrogens is 1. The van der Waals surface area contributed by atoms with E-state index in [-0.39, 0.29) is 16.2 Å². The first kappa shape index (κ1) is 45.6. The lowest BCUT2D eigenvalue weighted by atomic mass is 9.72. The Bertz CT molecular complexity index is 5040. The summed E-state index contributed by atoms with van der Waals surface area (Å²) in [5.74, 6) is 0. The molecule has 0 saturated carbocycles. The average Bonchev–Trinajstić information content (AvgIpc) is 3.35. The molecule has 0 amide bonds. The largest absolute Gasteiger partial charge is 0.455 e. The first-order valence-electron chi connectivity index (χ1n) is 28.2. The van der Waals surface area contributed by atoms with Gasteiger partial charge in [0, 0.05) is 82.4 Å². The molecule has 382 valence electrons. The Morgan fingerprint density at radius 3 is 1.61 bits per heavy atom. The van der Waals surface area contributed by atoms with Gasteiger partial charge in [-0.3, -0.25) is 0 Å². The highest BCUT2D eigenvalue weighted by Crippen LogP contribution is 2.64. The van der Waals surface area contributed by atoms with Crippen LogP contribution in [0, 0.1) is 6.92 Å². The third-order valence-electron chi connectivity index (χ3n) is 19.0. The summed E-state index contributed by atoms with van der Waals surface area (Å²) in [7, 11) is 0. The Hall–Kier alpha value is -9.38. The molecule has 14 aromatic rings. The zero-order valence-corrected chi connectivity index (χ0v) is 45.9. The normalized spacial score (nSPS) is 15.0. The van der Waals surface area contributed by atoms with Crippen molar-refractivity contribution in [3.8, 4) is 50.2 Å². The van der Waals surface area contributed by atoms with Crippen molar-refractivity contribution in [1.29, 1.82) is 0 Å². The van der Waals surface area contributed by atoms with Crippen molar-refractivity contribution in [2.75, 3.05) is 4.90 Å². The summed E-state index contributed by atoms with van der Waals surface area (Å²) in [6.45, 7) is 16.7. The third kappa shape index (κ3) is 5.85. The summed E-state index contributed by atoms with van der Waals surface area (Å²) in [6.07, 6.45) is 0. The molecule has 0 fully saturated rings. The maximum atomic E-state index is 7.13. The number of aryl methyl sites for hydroxylation is 1. The fourth-order valence-corrected chi connectivity index (χ4v) is 15.2. The molecule has 4 heteroatoms. The van der Waals surface area contributed by atoms with Crippen LogP contribution in [0.5, 0.6) is 0 Å². The van der Waals surface area contributed by atoms with Crippen molar-refractivity contribution >= 4 is 82.7 Å². The van der Waals surface area contributed by atoms with Gasteiger partial charge in [0.05, 0.1) is 11.0 Å². The van der Waals surface area contributed by atoms with Crippen molar-refractivity contribution in [2.45, 2.75) is 64.7 Å². The van der Waals surface area contributed by atoms with Crippen LogP contribution >= 0.6 is 0 Å². The third-order valence-corrected chi connectivity index (χ3v) is 19.0. The molecule has 0 radical (unpaired) electrons. The van der Waals surface area contributed by atoms with Crippen molar-refractivity contribution in [2.24, 2.45) is 0 Å². The Labute approximate surface area is 464 Å². The average molecular weight is 1030 g/mol. The molecule has 3 aliphatic carbocycles. The van der Waals surface area contributed by atoms with Gasteiger partial charge in [0.1, 0.15) is 22.3 Å². The Morgan fingerprint density at radius 2 is 0.887 bits per heavy atom. The molecule has 11 aromatic carbocycles. The molecule has 3 aliphatic rings. The SMILES string of the molecule is Cc1ccc(-c2cc3c(c4c2oc2ccccc24)-c2ccc(N(c4ccc5c(c4)C(C)(C)c4c6c(c7c(oc8ccccc87)c4-5)-c4ccccc4C6(C)C)c4ccc5c(c4)c4ccccc4n5-c4ccccc4)cc2C3(C)C)cc1. The number of hydrogen-bond donors (Lipinski definition) is 0. The molecule has 0 aliphatic heterocycles. The van der Waals surface area contributed by atoms with Crippen LogP contribution in [0.3, 0.4) is 0 Å². The first-order chi connectivity index (χ1) is 38.9. The van der Waals surface area contributed by atoms with Gasteiger partial charge >= 0.3 is 0 Å². The molecule has 3 aromatic heterocycles. The highest BCUT2D eigenvalue weighted by atomic mass is 16.3. The lowest BCUT2D eigenvalue weighted by molar-refractivity contribution is 0.600. The standard InChI is InChI=1S/C76H56N2O2/c1-43-29-31-44(32-30-43)55-42-60-65(67-53-23-13-17-27-63(53)79-72(55)67)51-36-33-47(40-58(51)74(60,2)3)77(46-35-38-62-56(39-46)49-21-12-16-26-61(49)78(62)45-19-9-8-10-20-45)48-34-37-52-59(41-48)76(6,7)71-69(52)73-68(54-24-14-18-28-64(54)80-73)66-50-22-11-15-25-57(50)75(4,5)70(66)71/h8-42H,1-7H3. The molecular weight excluding hydrogens is 973 g/mol. The van der Waals surface area contributed by atoms with Gasteiger partial charge < -0.3 is 18.3 Å². The van der Waals surface area contributed by atoms with Gasteiger partial charge in [-0.15, -0.1) is 0 Å². The monoisotopic (exact) mass is 1030 g/mol. The minimum Gasteiger partial charge on any atom is -0.455 e. The van der Waals surface area contributed by atoms with Crippen molar-refractivity contribution in [1.82, 2.24) is 4.57 Å². The number of fused-ring (bicyclic) bond motifs is 22. The van der Waals surface area contributed by atoms with Crippen LogP contribution in [0.25, 0.3) is 116 Å². The Morgan fingerprint density at radius 1 is 0.362 bits per heavy atom. The van der Waals surface area contributed by atoms with Crippen LogP contribution in [0.4, 0.5) is 17.1 Å². The molecular formula is C76H56N2O2. The fraction of sp³-hybridized carbons (Fsp3) is 0.132. The van der Waals surface area contributed by atoms with E-state index in [1.165, 1.54) is 110 Å². The molecule has 80 heavy (non-hydrogen) atoms. The molecule has 3 heterocycles. The molecule has 4 nitrogen and oxygen atoms in total. The summed E-state index contributed by atoms with van der Waals surface area (Å²) >= 11 is 0. The summed E-state index contributed by atoms with van der Waals surface area (Å²) in [4.78, 5) is 2.52. The van der Waals surface area contributed by atoms with Crippen LogP contribution in [-0.4, -0.2) is 4.57 Å². The van der Waals surface area contributed by atoms with Crippen LogP contribution in [0.1, 0.15) is 80.5 Å². The highest BCUT2D eigenvalue weighted by molar-refractivity contribution is 6.22. The van der Waals surface area contributed by atoms with Gasteiger partial charge in [0.2, 0.25) is 0 Å². The molecule has 0 N–H and O–H groups in total. The van der Waals surface area contributed by atoms with Crippen LogP contribution < -0.4 is 4.90 Å². The van der Waals surface area contributed by atoms with Gasteiger partial charge in [0.15, 0.2) is 0 Å². The van der Waals surface area contributed by atoms with Crippen LogP contribution in [0.2, 0.25) is 0 Å². The number of para-hydroxylation sites is 4. The predicted octanol–water partition coefficient (Wildman–Crippen LogP) is 20.9. The minimum atomic E-state index is -0.383. The van der Waals surface area contributed by atoms with Crippen molar-refractivity contribution < 1.29 is 8.83 Å². The van der Waals surface area contributed by atoms with E-state index in [1.807, 2.05) is 0 Å². The zero-order chi connectivity index (χ0) is 53.7. The second-order valence-electron chi connectivity index (χ2n) is 24.4. The van der Waals surface area contributed by atoms with E-state index in [1.54, 1.807) is 0 Å². The van der Waals surface area contributed by atoms with Crippen molar-refractivity contribution in [3.05, 3.63) is 251 Å². The lowest BCUT2D eigenvalue weighted by Crippen LogP contribution is -2.24. The van der Waals surface area contributed by atoms with E-state index in [0.717, 1.165) is 61.6 Å². The molecule has 0 saturated heterocycles. The summed E-state index contributed by atoms with van der Waals surface area (Å²) in [6, 6.07) is 78.8. The van der Waals surface area contributed by atoms with Crippen molar-refractivity contribution in [3.63, 3.8) is 0 Å². The first-order valence-corrected chi connectivity index (χ1v) is 28.2. The van der Waals surface area contributed by atoms with Gasteiger partial charge in [-0.05, 0) is 153 Å². The smallest absolute Gasteiger partial charge is 0.144 e. The van der Waals surface area contributed by atoms with E-state index in [2.05, 4.69) is 270 Å². The van der Waals surface area contributed by atoms with Gasteiger partial charge in [-0.1, -0.05) is 181 Å². The van der Waals surface area contributed by atoms with Crippen LogP contribution in [0.15, 0.2) is 221 Å². The maximum absolute atomic E-state index is 7.13. The Kier molecular flexibility index (Phi) is 8.94. The molecule has 17 rings (SSSR count). The molecule has 0 atom stereocenters. The van der Waals surface area contributed by atoms with Gasteiger partial charge in [-0.25, -0.2) is 0 Å². The quantitative estimate of drug-likeness (QED) is 0.172. The van der Waals surface area contributed by atoms with E-state index < -0.39 is 0 Å². The van der Waals surface area contributed by atoms with Gasteiger partial charge in [0.25, 0.3) is 0 Å². The molecule has 0 bridgehead atoms. The van der Waals surface area contributed by atoms with E-state index in [4.69, 9.17) is 8.83 Å². The van der Waals surface area contributed by atoms with Gasteiger partial charge in [-0.2, -0.15) is 0 Å². The Balaban J connectivity index is 0.912. The van der Waals surface area contributed by atoms with E-state index in [9.17, 15) is 0 Å².